The highest BCUT2D eigenvalue weighted by Crippen LogP contribution is 2.61. The molecule has 2 nitrogen and oxygen atoms in total. The maximum Gasteiger partial charge on any atom is 0.0570 e. The molecule has 4 fully saturated rings. The van der Waals surface area contributed by atoms with Gasteiger partial charge in [0, 0.05) is 12.2 Å². The summed E-state index contributed by atoms with van der Waals surface area (Å²) in [5.41, 5.74) is 8.08. The van der Waals surface area contributed by atoms with Gasteiger partial charge in [-0.1, -0.05) is 6.07 Å². The fraction of sp³-hybridized carbons (Fsp3) is 0.722. The Morgan fingerprint density at radius 2 is 1.75 bits per heavy atom. The van der Waals surface area contributed by atoms with Gasteiger partial charge in [0.2, 0.25) is 0 Å². The molecule has 0 amide bonds. The minimum absolute atomic E-state index is 0.129. The van der Waals surface area contributed by atoms with Crippen molar-refractivity contribution in [1.82, 2.24) is 4.98 Å². The van der Waals surface area contributed by atoms with Crippen molar-refractivity contribution >= 4 is 0 Å². The van der Waals surface area contributed by atoms with E-state index < -0.39 is 0 Å². The molecule has 1 aromatic rings. The number of aromatic nitrogens is 1. The average Bonchev–Trinajstić information content (AvgIpc) is 2.44. The number of pyridine rings is 1. The van der Waals surface area contributed by atoms with Crippen molar-refractivity contribution in [2.75, 3.05) is 0 Å². The van der Waals surface area contributed by atoms with E-state index >= 15 is 0 Å². The Morgan fingerprint density at radius 1 is 1.10 bits per heavy atom. The molecule has 4 aliphatic carbocycles. The van der Waals surface area contributed by atoms with Crippen molar-refractivity contribution in [3.05, 3.63) is 30.1 Å². The molecule has 0 radical (unpaired) electrons. The van der Waals surface area contributed by atoms with Crippen LogP contribution in [0.5, 0.6) is 0 Å². The predicted octanol–water partition coefficient (Wildman–Crippen LogP) is 4.08. The lowest BCUT2D eigenvalue weighted by Crippen LogP contribution is -2.46. The summed E-state index contributed by atoms with van der Waals surface area (Å²) in [5.74, 6) is 3.15. The molecule has 4 aliphatic rings. The first-order chi connectivity index (χ1) is 9.72. The molecule has 0 aromatic carbocycles. The molecule has 2 heteroatoms. The van der Waals surface area contributed by atoms with Crippen LogP contribution in [0.15, 0.2) is 24.4 Å². The molecule has 1 aromatic heterocycles. The van der Waals surface area contributed by atoms with Crippen molar-refractivity contribution in [2.45, 2.75) is 57.4 Å². The summed E-state index contributed by atoms with van der Waals surface area (Å²) >= 11 is 0. The standard InChI is InChI=1S/C18H26N2/c19-16(17-3-1-2-6-20-17)4-5-18-10-13-7-14(11-18)9-15(8-13)12-18/h1-3,6,13-16H,4-5,7-12,19H2. The lowest BCUT2D eigenvalue weighted by atomic mass is 9.48. The molecule has 5 rings (SSSR count). The summed E-state index contributed by atoms with van der Waals surface area (Å²) < 4.78 is 0. The zero-order chi connectivity index (χ0) is 13.6. The number of rotatable bonds is 4. The van der Waals surface area contributed by atoms with E-state index in [0.29, 0.717) is 5.41 Å². The lowest BCUT2D eigenvalue weighted by Gasteiger charge is -2.57. The molecule has 0 aliphatic heterocycles. The molecule has 20 heavy (non-hydrogen) atoms. The lowest BCUT2D eigenvalue weighted by molar-refractivity contribution is -0.0589. The van der Waals surface area contributed by atoms with E-state index in [0.717, 1.165) is 29.9 Å². The monoisotopic (exact) mass is 270 g/mol. The molecule has 108 valence electrons. The first-order valence-corrected chi connectivity index (χ1v) is 8.39. The van der Waals surface area contributed by atoms with Gasteiger partial charge in [-0.05, 0) is 86.7 Å². The smallest absolute Gasteiger partial charge is 0.0570 e. The molecule has 4 saturated carbocycles. The van der Waals surface area contributed by atoms with Crippen molar-refractivity contribution in [1.29, 1.82) is 0 Å². The van der Waals surface area contributed by atoms with Gasteiger partial charge >= 0.3 is 0 Å². The van der Waals surface area contributed by atoms with Crippen LogP contribution in [0.3, 0.4) is 0 Å². The van der Waals surface area contributed by atoms with Gasteiger partial charge in [-0.15, -0.1) is 0 Å². The van der Waals surface area contributed by atoms with Crippen LogP contribution in [-0.4, -0.2) is 4.98 Å². The van der Waals surface area contributed by atoms with Crippen LogP contribution in [0.1, 0.15) is 63.1 Å². The van der Waals surface area contributed by atoms with Crippen molar-refractivity contribution in [3.63, 3.8) is 0 Å². The second-order valence-electron chi connectivity index (χ2n) is 7.82. The molecule has 1 atom stereocenters. The molecule has 2 N–H and O–H groups in total. The maximum atomic E-state index is 6.36. The highest BCUT2D eigenvalue weighted by molar-refractivity contribution is 5.09. The molecule has 0 spiro atoms. The van der Waals surface area contributed by atoms with Gasteiger partial charge < -0.3 is 5.73 Å². The minimum Gasteiger partial charge on any atom is -0.323 e. The minimum atomic E-state index is 0.129. The Morgan fingerprint density at radius 3 is 2.30 bits per heavy atom. The van der Waals surface area contributed by atoms with E-state index in [1.54, 1.807) is 0 Å². The van der Waals surface area contributed by atoms with Crippen LogP contribution >= 0.6 is 0 Å². The van der Waals surface area contributed by atoms with Gasteiger partial charge in [-0.3, -0.25) is 4.98 Å². The third kappa shape index (κ3) is 2.28. The number of hydrogen-bond acceptors (Lipinski definition) is 2. The Bertz CT molecular complexity index is 432. The second-order valence-corrected chi connectivity index (χ2v) is 7.82. The molecular weight excluding hydrogens is 244 g/mol. The van der Waals surface area contributed by atoms with Gasteiger partial charge in [0.15, 0.2) is 0 Å². The summed E-state index contributed by atoms with van der Waals surface area (Å²) in [5, 5.41) is 0. The first-order valence-electron chi connectivity index (χ1n) is 8.39. The zero-order valence-electron chi connectivity index (χ0n) is 12.3. The quantitative estimate of drug-likeness (QED) is 0.895. The van der Waals surface area contributed by atoms with Gasteiger partial charge in [0.25, 0.3) is 0 Å². The second kappa shape index (κ2) is 4.84. The van der Waals surface area contributed by atoms with Crippen LogP contribution in [0, 0.1) is 23.2 Å². The molecular formula is C18H26N2. The molecule has 0 saturated heterocycles. The fourth-order valence-corrected chi connectivity index (χ4v) is 5.80. The van der Waals surface area contributed by atoms with Crippen molar-refractivity contribution < 1.29 is 0 Å². The number of hydrogen-bond donors (Lipinski definition) is 1. The summed E-state index contributed by atoms with van der Waals surface area (Å²) in [6, 6.07) is 6.22. The van der Waals surface area contributed by atoms with E-state index in [-0.39, 0.29) is 6.04 Å². The molecule has 1 unspecified atom stereocenters. The van der Waals surface area contributed by atoms with E-state index in [9.17, 15) is 0 Å². The van der Waals surface area contributed by atoms with Crippen LogP contribution in [0.2, 0.25) is 0 Å². The number of nitrogens with two attached hydrogens (primary N) is 1. The van der Waals surface area contributed by atoms with Crippen LogP contribution in [0.4, 0.5) is 0 Å². The summed E-state index contributed by atoms with van der Waals surface area (Å²) in [6.45, 7) is 0. The number of nitrogens with zero attached hydrogens (tertiary/aromatic N) is 1. The van der Waals surface area contributed by atoms with Gasteiger partial charge in [0.05, 0.1) is 5.69 Å². The SMILES string of the molecule is NC(CCC12CC3CC(CC(C3)C1)C2)c1ccccn1. The average molecular weight is 270 g/mol. The largest absolute Gasteiger partial charge is 0.323 e. The third-order valence-electron chi connectivity index (χ3n) is 6.22. The van der Waals surface area contributed by atoms with E-state index in [1.807, 2.05) is 18.3 Å². The van der Waals surface area contributed by atoms with E-state index in [4.69, 9.17) is 5.73 Å². The van der Waals surface area contributed by atoms with Gasteiger partial charge in [0.1, 0.15) is 0 Å². The first kappa shape index (κ1) is 12.8. The molecule has 1 heterocycles. The van der Waals surface area contributed by atoms with E-state index in [2.05, 4.69) is 11.1 Å². The summed E-state index contributed by atoms with van der Waals surface area (Å²) in [7, 11) is 0. The Labute approximate surface area is 122 Å². The summed E-state index contributed by atoms with van der Waals surface area (Å²) in [4.78, 5) is 4.42. The fourth-order valence-electron chi connectivity index (χ4n) is 5.80. The van der Waals surface area contributed by atoms with Crippen LogP contribution in [0.25, 0.3) is 0 Å². The normalized spacial score (nSPS) is 40.0. The Hall–Kier alpha value is -0.890. The zero-order valence-corrected chi connectivity index (χ0v) is 12.3. The Kier molecular flexibility index (Phi) is 3.10. The Balaban J connectivity index is 1.42. The highest BCUT2D eigenvalue weighted by Gasteiger charge is 2.50. The van der Waals surface area contributed by atoms with Gasteiger partial charge in [-0.25, -0.2) is 0 Å². The van der Waals surface area contributed by atoms with Gasteiger partial charge in [-0.2, -0.15) is 0 Å². The third-order valence-corrected chi connectivity index (χ3v) is 6.22. The topological polar surface area (TPSA) is 38.9 Å². The molecule has 4 bridgehead atoms. The highest BCUT2D eigenvalue weighted by atomic mass is 14.8. The van der Waals surface area contributed by atoms with Crippen LogP contribution in [-0.2, 0) is 0 Å². The van der Waals surface area contributed by atoms with Crippen molar-refractivity contribution in [2.24, 2.45) is 28.9 Å². The summed E-state index contributed by atoms with van der Waals surface area (Å²) in [6.07, 6.45) is 13.4. The van der Waals surface area contributed by atoms with Crippen LogP contribution < -0.4 is 5.73 Å². The predicted molar refractivity (Wildman–Crippen MR) is 81.0 cm³/mol. The van der Waals surface area contributed by atoms with E-state index in [1.165, 1.54) is 44.9 Å². The maximum absolute atomic E-state index is 6.36. The van der Waals surface area contributed by atoms with Crippen molar-refractivity contribution in [3.8, 4) is 0 Å².